The maximum atomic E-state index is 12.2. The third-order valence-corrected chi connectivity index (χ3v) is 5.58. The average molecular weight is 329 g/mol. The van der Waals surface area contributed by atoms with Gasteiger partial charge in [0.05, 0.1) is 0 Å². The van der Waals surface area contributed by atoms with Crippen LogP contribution < -0.4 is 5.32 Å². The molecule has 4 heteroatoms. The Hall–Kier alpha value is -1.39. The molecule has 3 rings (SSSR count). The van der Waals surface area contributed by atoms with Gasteiger partial charge >= 0.3 is 0 Å². The van der Waals surface area contributed by atoms with Crippen LogP contribution in [0.25, 0.3) is 0 Å². The zero-order valence-electron chi connectivity index (χ0n) is 15.3. The molecule has 0 spiro atoms. The summed E-state index contributed by atoms with van der Waals surface area (Å²) in [4.78, 5) is 17.3. The summed E-state index contributed by atoms with van der Waals surface area (Å²) in [6, 6.07) is 7.63. The van der Waals surface area contributed by atoms with Crippen LogP contribution in [0.15, 0.2) is 18.2 Å². The lowest BCUT2D eigenvalue weighted by Gasteiger charge is -2.49. The highest BCUT2D eigenvalue weighted by Gasteiger charge is 2.34. The van der Waals surface area contributed by atoms with E-state index in [1.165, 1.54) is 31.4 Å². The first kappa shape index (κ1) is 17.4. The van der Waals surface area contributed by atoms with Crippen molar-refractivity contribution in [3.8, 4) is 0 Å². The van der Waals surface area contributed by atoms with Gasteiger partial charge in [0, 0.05) is 43.8 Å². The second kappa shape index (κ2) is 7.66. The molecule has 1 aromatic carbocycles. The van der Waals surface area contributed by atoms with Gasteiger partial charge in [0.25, 0.3) is 0 Å². The molecule has 0 bridgehead atoms. The zero-order valence-corrected chi connectivity index (χ0v) is 15.3. The van der Waals surface area contributed by atoms with Crippen molar-refractivity contribution in [3.63, 3.8) is 0 Å². The number of hydrogen-bond donors (Lipinski definition) is 1. The van der Waals surface area contributed by atoms with E-state index >= 15 is 0 Å². The van der Waals surface area contributed by atoms with Crippen molar-refractivity contribution < 1.29 is 4.79 Å². The Morgan fingerprint density at radius 2 is 2.04 bits per heavy atom. The number of rotatable bonds is 5. The van der Waals surface area contributed by atoms with Crippen molar-refractivity contribution >= 4 is 11.6 Å². The van der Waals surface area contributed by atoms with E-state index in [1.807, 2.05) is 13.0 Å². The number of piperidine rings is 1. The monoisotopic (exact) mass is 329 g/mol. The summed E-state index contributed by atoms with van der Waals surface area (Å²) in [5.74, 6) is 0.124. The van der Waals surface area contributed by atoms with Crippen molar-refractivity contribution in [2.24, 2.45) is 0 Å². The Labute approximate surface area is 146 Å². The lowest BCUT2D eigenvalue weighted by atomic mass is 9.97. The quantitative estimate of drug-likeness (QED) is 0.901. The third kappa shape index (κ3) is 4.17. The second-order valence-corrected chi connectivity index (χ2v) is 7.61. The summed E-state index contributed by atoms with van der Waals surface area (Å²) < 4.78 is 0. The molecule has 1 atom stereocenters. The van der Waals surface area contributed by atoms with Crippen LogP contribution in [0.2, 0.25) is 0 Å². The molecule has 0 aromatic heterocycles. The number of nitrogens with zero attached hydrogens (tertiary/aromatic N) is 2. The van der Waals surface area contributed by atoms with Crippen LogP contribution in [0, 0.1) is 13.8 Å². The Kier molecular flexibility index (Phi) is 5.57. The van der Waals surface area contributed by atoms with E-state index in [0.717, 1.165) is 36.9 Å². The summed E-state index contributed by atoms with van der Waals surface area (Å²) in [6.45, 7) is 10.8. The molecule has 2 aliphatic heterocycles. The van der Waals surface area contributed by atoms with Crippen LogP contribution in [0.5, 0.6) is 0 Å². The lowest BCUT2D eigenvalue weighted by Crippen LogP contribution is -2.62. The highest BCUT2D eigenvalue weighted by molar-refractivity contribution is 5.91. The van der Waals surface area contributed by atoms with E-state index < -0.39 is 0 Å². The van der Waals surface area contributed by atoms with Crippen LogP contribution in [0.3, 0.4) is 0 Å². The summed E-state index contributed by atoms with van der Waals surface area (Å²) >= 11 is 0. The predicted molar refractivity (Wildman–Crippen MR) is 99.4 cm³/mol. The maximum Gasteiger partial charge on any atom is 0.225 e. The Balaban J connectivity index is 1.39. The number of carbonyl (C=O) groups excluding carboxylic acids is 1. The van der Waals surface area contributed by atoms with Crippen molar-refractivity contribution in [2.45, 2.75) is 58.5 Å². The van der Waals surface area contributed by atoms with E-state index in [1.54, 1.807) is 0 Å². The molecular weight excluding hydrogens is 298 g/mol. The molecule has 2 aliphatic rings. The molecule has 2 fully saturated rings. The van der Waals surface area contributed by atoms with Crippen LogP contribution in [0.1, 0.15) is 43.7 Å². The van der Waals surface area contributed by atoms with E-state index in [9.17, 15) is 4.79 Å². The molecule has 0 unspecified atom stereocenters. The van der Waals surface area contributed by atoms with Gasteiger partial charge in [0.15, 0.2) is 0 Å². The first-order valence-electron chi connectivity index (χ1n) is 9.38. The van der Waals surface area contributed by atoms with Gasteiger partial charge in [-0.1, -0.05) is 18.6 Å². The third-order valence-electron chi connectivity index (χ3n) is 5.58. The van der Waals surface area contributed by atoms with Crippen molar-refractivity contribution in [1.29, 1.82) is 0 Å². The van der Waals surface area contributed by atoms with Gasteiger partial charge in [-0.3, -0.25) is 14.6 Å². The summed E-state index contributed by atoms with van der Waals surface area (Å²) in [6.07, 6.45) is 4.65. The fourth-order valence-corrected chi connectivity index (χ4v) is 3.94. The molecule has 0 saturated carbocycles. The molecule has 1 N–H and O–H groups in total. The second-order valence-electron chi connectivity index (χ2n) is 7.61. The molecule has 2 saturated heterocycles. The van der Waals surface area contributed by atoms with E-state index in [2.05, 4.69) is 41.1 Å². The Bertz CT molecular complexity index is 580. The number of likely N-dealkylation sites (tertiary alicyclic amines) is 2. The van der Waals surface area contributed by atoms with Crippen LogP contribution >= 0.6 is 0 Å². The van der Waals surface area contributed by atoms with Crippen molar-refractivity contribution in [1.82, 2.24) is 9.80 Å². The minimum Gasteiger partial charge on any atom is -0.326 e. The zero-order chi connectivity index (χ0) is 17.1. The minimum atomic E-state index is 0.124. The lowest BCUT2D eigenvalue weighted by molar-refractivity contribution is -0.117. The van der Waals surface area contributed by atoms with Crippen LogP contribution in [-0.2, 0) is 4.79 Å². The highest BCUT2D eigenvalue weighted by Crippen LogP contribution is 2.24. The average Bonchev–Trinajstić information content (AvgIpc) is 2.51. The van der Waals surface area contributed by atoms with Gasteiger partial charge in [0.2, 0.25) is 5.91 Å². The van der Waals surface area contributed by atoms with E-state index in [4.69, 9.17) is 0 Å². The van der Waals surface area contributed by atoms with Crippen molar-refractivity contribution in [2.75, 3.05) is 31.5 Å². The highest BCUT2D eigenvalue weighted by atomic mass is 16.1. The summed E-state index contributed by atoms with van der Waals surface area (Å²) in [5, 5.41) is 3.06. The van der Waals surface area contributed by atoms with Crippen LogP contribution in [-0.4, -0.2) is 54.0 Å². The standard InChI is InChI=1S/C20H31N3O/c1-15-7-8-16(2)19(12-15)21-20(24)9-11-22-13-18(14-22)23-10-5-4-6-17(23)3/h7-8,12,17-18H,4-6,9-11,13-14H2,1-3H3,(H,21,24)/t17-/m0/s1. The fraction of sp³-hybridized carbons (Fsp3) is 0.650. The molecular formula is C20H31N3O. The van der Waals surface area contributed by atoms with Gasteiger partial charge in [0.1, 0.15) is 0 Å². The molecule has 1 amide bonds. The summed E-state index contributed by atoms with van der Waals surface area (Å²) in [5.41, 5.74) is 3.25. The number of anilines is 1. The smallest absolute Gasteiger partial charge is 0.225 e. The molecule has 24 heavy (non-hydrogen) atoms. The summed E-state index contributed by atoms with van der Waals surface area (Å²) in [7, 11) is 0. The molecule has 2 heterocycles. The van der Waals surface area contributed by atoms with Crippen LogP contribution in [0.4, 0.5) is 5.69 Å². The first-order chi connectivity index (χ1) is 11.5. The Morgan fingerprint density at radius 3 is 2.79 bits per heavy atom. The van der Waals surface area contributed by atoms with Gasteiger partial charge in [-0.25, -0.2) is 0 Å². The van der Waals surface area contributed by atoms with Gasteiger partial charge in [-0.2, -0.15) is 0 Å². The molecule has 132 valence electrons. The molecule has 4 nitrogen and oxygen atoms in total. The SMILES string of the molecule is Cc1ccc(C)c(NC(=O)CCN2CC(N3CCCC[C@@H]3C)C2)c1. The van der Waals surface area contributed by atoms with Gasteiger partial charge in [-0.15, -0.1) is 0 Å². The number of aryl methyl sites for hydroxylation is 2. The molecule has 1 aromatic rings. The minimum absolute atomic E-state index is 0.124. The number of amides is 1. The predicted octanol–water partition coefficient (Wildman–Crippen LogP) is 3.19. The topological polar surface area (TPSA) is 35.6 Å². The number of hydrogen-bond acceptors (Lipinski definition) is 3. The molecule has 0 aliphatic carbocycles. The van der Waals surface area contributed by atoms with E-state index in [-0.39, 0.29) is 5.91 Å². The van der Waals surface area contributed by atoms with Crippen molar-refractivity contribution in [3.05, 3.63) is 29.3 Å². The van der Waals surface area contributed by atoms with Gasteiger partial charge < -0.3 is 5.32 Å². The Morgan fingerprint density at radius 1 is 1.25 bits per heavy atom. The fourth-order valence-electron chi connectivity index (χ4n) is 3.94. The first-order valence-corrected chi connectivity index (χ1v) is 9.38. The number of nitrogens with one attached hydrogen (secondary N) is 1. The number of benzene rings is 1. The maximum absolute atomic E-state index is 12.2. The van der Waals surface area contributed by atoms with Gasteiger partial charge in [-0.05, 0) is 57.4 Å². The molecule has 0 radical (unpaired) electrons. The normalized spacial score (nSPS) is 23.0. The number of carbonyl (C=O) groups is 1. The van der Waals surface area contributed by atoms with E-state index in [0.29, 0.717) is 12.5 Å². The largest absolute Gasteiger partial charge is 0.326 e.